The second kappa shape index (κ2) is 6.50. The first-order valence-corrected chi connectivity index (χ1v) is 7.26. The van der Waals surface area contributed by atoms with Crippen LogP contribution in [0, 0.1) is 5.82 Å². The Morgan fingerprint density at radius 3 is 2.63 bits per heavy atom. The molecule has 19 heavy (non-hydrogen) atoms. The molecule has 5 heteroatoms. The number of nitrogens with one attached hydrogen (secondary N) is 1. The maximum atomic E-state index is 13.3. The Morgan fingerprint density at radius 1 is 1.16 bits per heavy atom. The molecular weight excluding hydrogens is 377 g/mol. The summed E-state index contributed by atoms with van der Waals surface area (Å²) in [5.74, 6) is -0.326. The summed E-state index contributed by atoms with van der Waals surface area (Å²) in [6, 6.07) is 11.6. The van der Waals surface area contributed by atoms with Crippen LogP contribution >= 0.6 is 31.9 Å². The van der Waals surface area contributed by atoms with Crippen LogP contribution < -0.4 is 5.32 Å². The van der Waals surface area contributed by atoms with Crippen molar-refractivity contribution in [3.8, 4) is 0 Å². The minimum atomic E-state index is -0.376. The molecule has 0 radical (unpaired) electrons. The lowest BCUT2D eigenvalue weighted by Crippen LogP contribution is -2.15. The van der Waals surface area contributed by atoms with Gasteiger partial charge in [0.25, 0.3) is 0 Å². The van der Waals surface area contributed by atoms with Crippen LogP contribution in [0.25, 0.3) is 0 Å². The SMILES string of the molecule is OCC(Nc1cccc(Br)c1)c1cc(F)ccc1Br. The fourth-order valence-corrected chi connectivity index (χ4v) is 2.71. The second-order valence-electron chi connectivity index (χ2n) is 4.06. The molecule has 0 aliphatic rings. The van der Waals surface area contributed by atoms with E-state index in [1.807, 2.05) is 24.3 Å². The molecule has 2 aromatic carbocycles. The van der Waals surface area contributed by atoms with E-state index in [2.05, 4.69) is 37.2 Å². The molecule has 2 nitrogen and oxygen atoms in total. The van der Waals surface area contributed by atoms with E-state index >= 15 is 0 Å². The molecule has 100 valence electrons. The number of halogens is 3. The minimum absolute atomic E-state index is 0.130. The molecule has 0 heterocycles. The number of rotatable bonds is 4. The van der Waals surface area contributed by atoms with Crippen LogP contribution in [0.4, 0.5) is 10.1 Å². The minimum Gasteiger partial charge on any atom is -0.394 e. The van der Waals surface area contributed by atoms with Gasteiger partial charge in [0, 0.05) is 14.6 Å². The first-order valence-electron chi connectivity index (χ1n) is 5.68. The number of aliphatic hydroxyl groups is 1. The predicted octanol–water partition coefficient (Wildman–Crippen LogP) is 4.50. The third-order valence-corrected chi connectivity index (χ3v) is 3.90. The lowest BCUT2D eigenvalue weighted by atomic mass is 10.1. The van der Waals surface area contributed by atoms with Crippen molar-refractivity contribution in [1.82, 2.24) is 0 Å². The molecule has 2 rings (SSSR count). The molecule has 1 unspecified atom stereocenters. The molecule has 0 bridgehead atoms. The summed E-state index contributed by atoms with van der Waals surface area (Å²) in [4.78, 5) is 0. The average molecular weight is 389 g/mol. The highest BCUT2D eigenvalue weighted by molar-refractivity contribution is 9.10. The number of benzene rings is 2. The molecule has 0 spiro atoms. The Hall–Kier alpha value is -0.910. The van der Waals surface area contributed by atoms with Gasteiger partial charge in [-0.15, -0.1) is 0 Å². The lowest BCUT2D eigenvalue weighted by molar-refractivity contribution is 0.276. The normalized spacial score (nSPS) is 12.2. The summed E-state index contributed by atoms with van der Waals surface area (Å²) in [6.07, 6.45) is 0. The first kappa shape index (κ1) is 14.5. The quantitative estimate of drug-likeness (QED) is 0.808. The van der Waals surface area contributed by atoms with Crippen LogP contribution in [0.5, 0.6) is 0 Å². The van der Waals surface area contributed by atoms with Gasteiger partial charge in [0.15, 0.2) is 0 Å². The Morgan fingerprint density at radius 2 is 1.95 bits per heavy atom. The van der Waals surface area contributed by atoms with Crippen LogP contribution in [0.1, 0.15) is 11.6 Å². The van der Waals surface area contributed by atoms with Crippen LogP contribution in [0.15, 0.2) is 51.4 Å². The van der Waals surface area contributed by atoms with Gasteiger partial charge in [-0.2, -0.15) is 0 Å². The zero-order chi connectivity index (χ0) is 13.8. The molecule has 0 fully saturated rings. The third-order valence-electron chi connectivity index (χ3n) is 2.68. The Bertz CT molecular complexity index is 577. The fraction of sp³-hybridized carbons (Fsp3) is 0.143. The zero-order valence-electron chi connectivity index (χ0n) is 9.91. The Kier molecular flexibility index (Phi) is 4.96. The van der Waals surface area contributed by atoms with Crippen molar-refractivity contribution in [3.05, 3.63) is 62.8 Å². The summed E-state index contributed by atoms with van der Waals surface area (Å²) in [6.45, 7) is -0.130. The van der Waals surface area contributed by atoms with Crippen LogP contribution in [-0.4, -0.2) is 11.7 Å². The van der Waals surface area contributed by atoms with Gasteiger partial charge in [0.1, 0.15) is 5.82 Å². The van der Waals surface area contributed by atoms with Crippen molar-refractivity contribution >= 4 is 37.5 Å². The largest absolute Gasteiger partial charge is 0.394 e. The predicted molar refractivity (Wildman–Crippen MR) is 81.7 cm³/mol. The third kappa shape index (κ3) is 3.78. The summed E-state index contributed by atoms with van der Waals surface area (Å²) < 4.78 is 15.0. The molecule has 0 saturated carbocycles. The van der Waals surface area contributed by atoms with E-state index in [0.29, 0.717) is 5.56 Å². The highest BCUT2D eigenvalue weighted by Gasteiger charge is 2.14. The summed E-state index contributed by atoms with van der Waals surface area (Å²) in [7, 11) is 0. The maximum absolute atomic E-state index is 13.3. The monoisotopic (exact) mass is 387 g/mol. The van der Waals surface area contributed by atoms with Gasteiger partial charge in [-0.1, -0.05) is 37.9 Å². The van der Waals surface area contributed by atoms with Crippen LogP contribution in [-0.2, 0) is 0 Å². The van der Waals surface area contributed by atoms with E-state index in [4.69, 9.17) is 0 Å². The van der Waals surface area contributed by atoms with Crippen molar-refractivity contribution in [2.75, 3.05) is 11.9 Å². The Labute approximate surface area is 127 Å². The van der Waals surface area contributed by atoms with Crippen molar-refractivity contribution in [3.63, 3.8) is 0 Å². The van der Waals surface area contributed by atoms with Gasteiger partial charge in [-0.25, -0.2) is 4.39 Å². The maximum Gasteiger partial charge on any atom is 0.123 e. The number of hydrogen-bond acceptors (Lipinski definition) is 2. The van der Waals surface area contributed by atoms with Gasteiger partial charge in [-0.3, -0.25) is 0 Å². The second-order valence-corrected chi connectivity index (χ2v) is 5.83. The molecular formula is C14H12Br2FNO. The lowest BCUT2D eigenvalue weighted by Gasteiger charge is -2.19. The van der Waals surface area contributed by atoms with Gasteiger partial charge in [0.2, 0.25) is 0 Å². The highest BCUT2D eigenvalue weighted by atomic mass is 79.9. The zero-order valence-corrected chi connectivity index (χ0v) is 13.1. The van der Waals surface area contributed by atoms with E-state index in [-0.39, 0.29) is 18.5 Å². The number of hydrogen-bond donors (Lipinski definition) is 2. The average Bonchev–Trinajstić information content (AvgIpc) is 2.39. The van der Waals surface area contributed by atoms with Crippen LogP contribution in [0.3, 0.4) is 0 Å². The smallest absolute Gasteiger partial charge is 0.123 e. The number of anilines is 1. The van der Waals surface area contributed by atoms with E-state index in [1.165, 1.54) is 12.1 Å². The molecule has 0 aliphatic heterocycles. The van der Waals surface area contributed by atoms with E-state index in [1.54, 1.807) is 6.07 Å². The molecule has 0 aliphatic carbocycles. The van der Waals surface area contributed by atoms with Crippen molar-refractivity contribution in [2.24, 2.45) is 0 Å². The topological polar surface area (TPSA) is 32.3 Å². The molecule has 0 saturated heterocycles. The standard InChI is InChI=1S/C14H12Br2FNO/c15-9-2-1-3-11(6-9)18-14(8-19)12-7-10(17)4-5-13(12)16/h1-7,14,18-19H,8H2. The van der Waals surface area contributed by atoms with E-state index in [9.17, 15) is 9.50 Å². The summed E-state index contributed by atoms with van der Waals surface area (Å²) in [5.41, 5.74) is 1.53. The van der Waals surface area contributed by atoms with Crippen LogP contribution in [0.2, 0.25) is 0 Å². The van der Waals surface area contributed by atoms with Crippen molar-refractivity contribution in [2.45, 2.75) is 6.04 Å². The summed E-state index contributed by atoms with van der Waals surface area (Å²) >= 11 is 6.76. The number of aliphatic hydroxyl groups excluding tert-OH is 1. The molecule has 2 aromatic rings. The van der Waals surface area contributed by atoms with E-state index < -0.39 is 0 Å². The Balaban J connectivity index is 2.27. The van der Waals surface area contributed by atoms with E-state index in [0.717, 1.165) is 14.6 Å². The summed E-state index contributed by atoms with van der Waals surface area (Å²) in [5, 5.41) is 12.7. The molecule has 1 atom stereocenters. The van der Waals surface area contributed by atoms with Crippen molar-refractivity contribution < 1.29 is 9.50 Å². The first-order chi connectivity index (χ1) is 9.10. The highest BCUT2D eigenvalue weighted by Crippen LogP contribution is 2.28. The fourth-order valence-electron chi connectivity index (χ4n) is 1.78. The van der Waals surface area contributed by atoms with Gasteiger partial charge in [-0.05, 0) is 42.0 Å². The van der Waals surface area contributed by atoms with Gasteiger partial charge < -0.3 is 10.4 Å². The van der Waals surface area contributed by atoms with Gasteiger partial charge >= 0.3 is 0 Å². The van der Waals surface area contributed by atoms with Gasteiger partial charge in [0.05, 0.1) is 12.6 Å². The molecule has 0 aromatic heterocycles. The van der Waals surface area contributed by atoms with Crippen molar-refractivity contribution in [1.29, 1.82) is 0 Å². The molecule has 2 N–H and O–H groups in total. The molecule has 0 amide bonds.